The highest BCUT2D eigenvalue weighted by molar-refractivity contribution is 5.83. The second-order valence-corrected chi connectivity index (χ2v) is 6.67. The summed E-state index contributed by atoms with van der Waals surface area (Å²) in [5, 5.41) is 0. The van der Waals surface area contributed by atoms with E-state index in [0.29, 0.717) is 6.42 Å². The van der Waals surface area contributed by atoms with E-state index in [-0.39, 0.29) is 0 Å². The molecule has 1 saturated heterocycles. The predicted octanol–water partition coefficient (Wildman–Crippen LogP) is 2.26. The fourth-order valence-electron chi connectivity index (χ4n) is 3.10. The highest BCUT2D eigenvalue weighted by atomic mass is 16.1. The van der Waals surface area contributed by atoms with Gasteiger partial charge in [-0.05, 0) is 71.0 Å². The first-order valence-corrected chi connectivity index (χ1v) is 8.27. The molecular weight excluding hydrogens is 250 g/mol. The van der Waals surface area contributed by atoms with Crippen molar-refractivity contribution in [3.05, 3.63) is 0 Å². The third-order valence-electron chi connectivity index (χ3n) is 4.62. The highest BCUT2D eigenvalue weighted by Gasteiger charge is 2.24. The zero-order valence-electron chi connectivity index (χ0n) is 13.4. The molecule has 4 N–H and O–H groups in total. The summed E-state index contributed by atoms with van der Waals surface area (Å²) in [4.78, 5) is 13.7. The van der Waals surface area contributed by atoms with Gasteiger partial charge in [-0.25, -0.2) is 0 Å². The topological polar surface area (TPSA) is 72.3 Å². The lowest BCUT2D eigenvalue weighted by Gasteiger charge is -2.23. The van der Waals surface area contributed by atoms with Crippen LogP contribution in [0.1, 0.15) is 65.2 Å². The van der Waals surface area contributed by atoms with Crippen LogP contribution >= 0.6 is 0 Å². The highest BCUT2D eigenvalue weighted by Crippen LogP contribution is 2.22. The number of amides is 1. The summed E-state index contributed by atoms with van der Waals surface area (Å²) < 4.78 is 0. The minimum absolute atomic E-state index is 0.394. The lowest BCUT2D eigenvalue weighted by Crippen LogP contribution is -2.49. The van der Waals surface area contributed by atoms with Gasteiger partial charge in [-0.1, -0.05) is 19.8 Å². The molecule has 1 rings (SSSR count). The molecule has 1 aliphatic rings. The minimum Gasteiger partial charge on any atom is -0.368 e. The maximum Gasteiger partial charge on any atom is 0.237 e. The van der Waals surface area contributed by atoms with E-state index in [0.717, 1.165) is 25.3 Å². The van der Waals surface area contributed by atoms with Crippen molar-refractivity contribution < 1.29 is 4.79 Å². The summed E-state index contributed by atoms with van der Waals surface area (Å²) in [6, 6.07) is 0. The number of carbonyl (C=O) groups is 1. The first-order valence-electron chi connectivity index (χ1n) is 8.27. The van der Waals surface area contributed by atoms with E-state index < -0.39 is 11.4 Å². The molecule has 0 aromatic rings. The second-order valence-electron chi connectivity index (χ2n) is 6.67. The molecule has 2 unspecified atom stereocenters. The van der Waals surface area contributed by atoms with E-state index in [9.17, 15) is 4.79 Å². The molecule has 118 valence electrons. The largest absolute Gasteiger partial charge is 0.368 e. The van der Waals surface area contributed by atoms with E-state index in [4.69, 9.17) is 11.5 Å². The van der Waals surface area contributed by atoms with Crippen molar-refractivity contribution in [2.45, 2.75) is 70.8 Å². The van der Waals surface area contributed by atoms with Crippen molar-refractivity contribution >= 4 is 5.91 Å². The van der Waals surface area contributed by atoms with Gasteiger partial charge in [0.2, 0.25) is 5.91 Å². The molecule has 4 nitrogen and oxygen atoms in total. The molecule has 0 aliphatic carbocycles. The summed E-state index contributed by atoms with van der Waals surface area (Å²) >= 11 is 0. The van der Waals surface area contributed by atoms with Gasteiger partial charge in [-0.15, -0.1) is 0 Å². The number of nitrogens with zero attached hydrogens (tertiary/aromatic N) is 1. The van der Waals surface area contributed by atoms with Gasteiger partial charge in [-0.3, -0.25) is 4.79 Å². The van der Waals surface area contributed by atoms with Crippen molar-refractivity contribution in [2.75, 3.05) is 19.6 Å². The van der Waals surface area contributed by atoms with Gasteiger partial charge < -0.3 is 16.4 Å². The Morgan fingerprint density at radius 3 is 2.70 bits per heavy atom. The number of carbonyl (C=O) groups excluding carboxylic acids is 1. The van der Waals surface area contributed by atoms with Crippen molar-refractivity contribution in [2.24, 2.45) is 17.4 Å². The number of likely N-dealkylation sites (tertiary alicyclic amines) is 1. The number of rotatable bonds is 8. The Balaban J connectivity index is 2.18. The zero-order chi connectivity index (χ0) is 15.0. The van der Waals surface area contributed by atoms with Crippen LogP contribution in [-0.4, -0.2) is 36.0 Å². The molecule has 2 atom stereocenters. The number of unbranched alkanes of at least 4 members (excludes halogenated alkanes) is 1. The quantitative estimate of drug-likeness (QED) is 0.671. The van der Waals surface area contributed by atoms with Crippen LogP contribution in [-0.2, 0) is 4.79 Å². The van der Waals surface area contributed by atoms with Crippen LogP contribution in [0, 0.1) is 5.92 Å². The van der Waals surface area contributed by atoms with Crippen LogP contribution in [0.5, 0.6) is 0 Å². The third kappa shape index (κ3) is 6.23. The zero-order valence-corrected chi connectivity index (χ0v) is 13.4. The van der Waals surface area contributed by atoms with Gasteiger partial charge in [0, 0.05) is 0 Å². The van der Waals surface area contributed by atoms with Crippen LogP contribution in [0.2, 0.25) is 0 Å². The number of nitrogens with two attached hydrogens (primary N) is 2. The Hall–Kier alpha value is -0.610. The van der Waals surface area contributed by atoms with Crippen LogP contribution in [0.15, 0.2) is 0 Å². The molecule has 0 aromatic carbocycles. The predicted molar refractivity (Wildman–Crippen MR) is 84.3 cm³/mol. The monoisotopic (exact) mass is 283 g/mol. The third-order valence-corrected chi connectivity index (χ3v) is 4.62. The molecule has 0 bridgehead atoms. The van der Waals surface area contributed by atoms with Crippen LogP contribution in [0.25, 0.3) is 0 Å². The van der Waals surface area contributed by atoms with Gasteiger partial charge in [-0.2, -0.15) is 0 Å². The fraction of sp³-hybridized carbons (Fsp3) is 0.938. The van der Waals surface area contributed by atoms with Crippen molar-refractivity contribution in [1.29, 1.82) is 0 Å². The first-order chi connectivity index (χ1) is 9.45. The maximum atomic E-state index is 11.1. The average molecular weight is 283 g/mol. The Morgan fingerprint density at radius 1 is 1.30 bits per heavy atom. The average Bonchev–Trinajstić information content (AvgIpc) is 2.61. The second kappa shape index (κ2) is 8.63. The van der Waals surface area contributed by atoms with Crippen molar-refractivity contribution in [3.63, 3.8) is 0 Å². The Kier molecular flexibility index (Phi) is 7.52. The van der Waals surface area contributed by atoms with E-state index in [1.54, 1.807) is 6.92 Å². The summed E-state index contributed by atoms with van der Waals surface area (Å²) in [6.45, 7) is 7.62. The molecule has 0 aromatic heterocycles. The van der Waals surface area contributed by atoms with Crippen LogP contribution < -0.4 is 11.5 Å². The summed E-state index contributed by atoms with van der Waals surface area (Å²) in [6.07, 6.45) is 9.56. The smallest absolute Gasteiger partial charge is 0.237 e. The Morgan fingerprint density at radius 2 is 2.05 bits per heavy atom. The van der Waals surface area contributed by atoms with Crippen LogP contribution in [0.3, 0.4) is 0 Å². The summed E-state index contributed by atoms with van der Waals surface area (Å²) in [5.74, 6) is 0.543. The molecule has 1 heterocycles. The van der Waals surface area contributed by atoms with E-state index >= 15 is 0 Å². The lowest BCUT2D eigenvalue weighted by atomic mass is 9.95. The standard InChI is InChI=1S/C16H33N3O/c1-3-7-14-8-6-12-19(13-9-14)11-5-4-10-16(2,18)15(17)20/h14H,3-13,18H2,1-2H3,(H2,17,20). The van der Waals surface area contributed by atoms with Gasteiger partial charge in [0.05, 0.1) is 5.54 Å². The van der Waals surface area contributed by atoms with Gasteiger partial charge in [0.15, 0.2) is 0 Å². The van der Waals surface area contributed by atoms with Gasteiger partial charge >= 0.3 is 0 Å². The number of hydrogen-bond acceptors (Lipinski definition) is 3. The minimum atomic E-state index is -0.842. The first kappa shape index (κ1) is 17.4. The van der Waals surface area contributed by atoms with Gasteiger partial charge in [0.25, 0.3) is 0 Å². The maximum absolute atomic E-state index is 11.1. The Bertz CT molecular complexity index is 291. The number of primary amides is 1. The molecule has 0 radical (unpaired) electrons. The van der Waals surface area contributed by atoms with E-state index in [1.807, 2.05) is 0 Å². The van der Waals surface area contributed by atoms with Crippen LogP contribution in [0.4, 0.5) is 0 Å². The molecule has 1 aliphatic heterocycles. The van der Waals surface area contributed by atoms with Crippen molar-refractivity contribution in [3.8, 4) is 0 Å². The molecule has 20 heavy (non-hydrogen) atoms. The Labute approximate surface area is 124 Å². The SMILES string of the molecule is CCCC1CCCN(CCCCC(C)(N)C(N)=O)CC1. The van der Waals surface area contributed by atoms with E-state index in [1.165, 1.54) is 45.2 Å². The molecule has 1 fully saturated rings. The lowest BCUT2D eigenvalue weighted by molar-refractivity contribution is -0.122. The molecule has 0 spiro atoms. The fourth-order valence-corrected chi connectivity index (χ4v) is 3.10. The van der Waals surface area contributed by atoms with Crippen molar-refractivity contribution in [1.82, 2.24) is 4.90 Å². The molecule has 4 heteroatoms. The van der Waals surface area contributed by atoms with E-state index in [2.05, 4.69) is 11.8 Å². The molecular formula is C16H33N3O. The van der Waals surface area contributed by atoms with Gasteiger partial charge in [0.1, 0.15) is 0 Å². The summed E-state index contributed by atoms with van der Waals surface area (Å²) in [7, 11) is 0. The number of hydrogen-bond donors (Lipinski definition) is 2. The molecule has 1 amide bonds. The normalized spacial score (nSPS) is 24.1. The molecule has 0 saturated carbocycles. The summed E-state index contributed by atoms with van der Waals surface area (Å²) in [5.41, 5.74) is 10.3.